The van der Waals surface area contributed by atoms with Crippen molar-refractivity contribution in [2.24, 2.45) is 0 Å². The zero-order chi connectivity index (χ0) is 12.3. The lowest BCUT2D eigenvalue weighted by Crippen LogP contribution is -2.37. The molecule has 1 unspecified atom stereocenters. The fourth-order valence-electron chi connectivity index (χ4n) is 0.923. The van der Waals surface area contributed by atoms with E-state index in [1.807, 2.05) is 6.92 Å². The molecule has 1 aromatic heterocycles. The second-order valence-corrected chi connectivity index (χ2v) is 8.00. The standard InChI is InChI=1S/C8H12BrClN2O2S2/c1-5(11-2)4-12-16(13,14)6-3-7(9)15-8(6)10/h3,5,11-12H,4H2,1-2H3. The van der Waals surface area contributed by atoms with Gasteiger partial charge in [-0.05, 0) is 36.0 Å². The van der Waals surface area contributed by atoms with Crippen molar-refractivity contribution >= 4 is 48.9 Å². The van der Waals surface area contributed by atoms with Crippen molar-refractivity contribution in [3.8, 4) is 0 Å². The number of rotatable bonds is 5. The quantitative estimate of drug-likeness (QED) is 0.857. The molecule has 0 aliphatic rings. The maximum absolute atomic E-state index is 11.8. The van der Waals surface area contributed by atoms with Crippen molar-refractivity contribution in [1.29, 1.82) is 0 Å². The van der Waals surface area contributed by atoms with Crippen LogP contribution in [0.5, 0.6) is 0 Å². The Balaban J connectivity index is 2.82. The number of hydrogen-bond acceptors (Lipinski definition) is 4. The van der Waals surface area contributed by atoms with Crippen molar-refractivity contribution in [2.45, 2.75) is 17.9 Å². The molecule has 0 spiro atoms. The first-order valence-corrected chi connectivity index (χ1v) is 7.95. The molecule has 1 aromatic rings. The normalized spacial score (nSPS) is 14.0. The fraction of sp³-hybridized carbons (Fsp3) is 0.500. The van der Waals surface area contributed by atoms with Crippen molar-refractivity contribution in [1.82, 2.24) is 10.0 Å². The van der Waals surface area contributed by atoms with Crippen LogP contribution in [0.1, 0.15) is 6.92 Å². The van der Waals surface area contributed by atoms with Crippen LogP contribution in [-0.2, 0) is 10.0 Å². The summed E-state index contributed by atoms with van der Waals surface area (Å²) in [5, 5.41) is 2.94. The van der Waals surface area contributed by atoms with Crippen LogP contribution in [0.2, 0.25) is 4.34 Å². The molecule has 1 heterocycles. The summed E-state index contributed by atoms with van der Waals surface area (Å²) in [5.41, 5.74) is 0. The highest BCUT2D eigenvalue weighted by Crippen LogP contribution is 2.34. The van der Waals surface area contributed by atoms with E-state index >= 15 is 0 Å². The summed E-state index contributed by atoms with van der Waals surface area (Å²) < 4.78 is 27.1. The minimum Gasteiger partial charge on any atom is -0.316 e. The molecule has 4 nitrogen and oxygen atoms in total. The van der Waals surface area contributed by atoms with Crippen molar-refractivity contribution in [3.05, 3.63) is 14.2 Å². The maximum Gasteiger partial charge on any atom is 0.242 e. The van der Waals surface area contributed by atoms with Crippen LogP contribution in [-0.4, -0.2) is 28.1 Å². The van der Waals surface area contributed by atoms with Gasteiger partial charge in [0.15, 0.2) is 0 Å². The van der Waals surface area contributed by atoms with Gasteiger partial charge in [-0.25, -0.2) is 13.1 Å². The first kappa shape index (κ1) is 14.4. The molecule has 0 aromatic carbocycles. The average molecular weight is 348 g/mol. The Morgan fingerprint density at radius 2 is 2.25 bits per heavy atom. The molecule has 0 aliphatic carbocycles. The third kappa shape index (κ3) is 3.68. The van der Waals surface area contributed by atoms with Crippen LogP contribution in [0.4, 0.5) is 0 Å². The van der Waals surface area contributed by atoms with Crippen LogP contribution in [0.25, 0.3) is 0 Å². The number of likely N-dealkylation sites (N-methyl/N-ethyl adjacent to an activating group) is 1. The monoisotopic (exact) mass is 346 g/mol. The van der Waals surface area contributed by atoms with E-state index in [1.165, 1.54) is 17.4 Å². The van der Waals surface area contributed by atoms with Crippen molar-refractivity contribution < 1.29 is 8.42 Å². The number of sulfonamides is 1. The molecule has 16 heavy (non-hydrogen) atoms. The highest BCUT2D eigenvalue weighted by molar-refractivity contribution is 9.11. The molecular formula is C8H12BrClN2O2S2. The van der Waals surface area contributed by atoms with Gasteiger partial charge in [0.25, 0.3) is 0 Å². The second kappa shape index (κ2) is 5.79. The van der Waals surface area contributed by atoms with E-state index in [1.54, 1.807) is 7.05 Å². The summed E-state index contributed by atoms with van der Waals surface area (Å²) in [6, 6.07) is 1.56. The van der Waals surface area contributed by atoms with Gasteiger partial charge >= 0.3 is 0 Å². The van der Waals surface area contributed by atoms with E-state index in [9.17, 15) is 8.42 Å². The van der Waals surface area contributed by atoms with Gasteiger partial charge in [-0.1, -0.05) is 11.6 Å². The second-order valence-electron chi connectivity index (χ2n) is 3.23. The highest BCUT2D eigenvalue weighted by Gasteiger charge is 2.20. The molecule has 0 amide bonds. The Labute approximate surface area is 113 Å². The summed E-state index contributed by atoms with van der Waals surface area (Å²) in [5.74, 6) is 0. The molecule has 0 aliphatic heterocycles. The first-order valence-electron chi connectivity index (χ1n) is 4.48. The molecule has 0 bridgehead atoms. The van der Waals surface area contributed by atoms with Crippen LogP contribution >= 0.6 is 38.9 Å². The molecule has 2 N–H and O–H groups in total. The molecule has 0 saturated carbocycles. The largest absolute Gasteiger partial charge is 0.316 e. The summed E-state index contributed by atoms with van der Waals surface area (Å²) in [6.45, 7) is 2.20. The van der Waals surface area contributed by atoms with Gasteiger partial charge in [0.2, 0.25) is 10.0 Å². The van der Waals surface area contributed by atoms with Gasteiger partial charge in [-0.2, -0.15) is 0 Å². The Bertz CT molecular complexity index is 461. The topological polar surface area (TPSA) is 58.2 Å². The minimum atomic E-state index is -3.52. The number of thiophene rings is 1. The van der Waals surface area contributed by atoms with E-state index in [2.05, 4.69) is 26.0 Å². The fourth-order valence-corrected chi connectivity index (χ4v) is 4.82. The molecule has 0 radical (unpaired) electrons. The zero-order valence-electron chi connectivity index (χ0n) is 8.75. The third-order valence-electron chi connectivity index (χ3n) is 1.99. The van der Waals surface area contributed by atoms with Crippen LogP contribution in [0.15, 0.2) is 14.7 Å². The van der Waals surface area contributed by atoms with E-state index in [4.69, 9.17) is 11.6 Å². The summed E-state index contributed by atoms with van der Waals surface area (Å²) in [7, 11) is -1.75. The average Bonchev–Trinajstić information content (AvgIpc) is 2.55. The van der Waals surface area contributed by atoms with Gasteiger partial charge < -0.3 is 5.32 Å². The summed E-state index contributed by atoms with van der Waals surface area (Å²) in [4.78, 5) is 0.120. The number of halogens is 2. The smallest absolute Gasteiger partial charge is 0.242 e. The molecule has 8 heteroatoms. The zero-order valence-corrected chi connectivity index (χ0v) is 12.7. The Morgan fingerprint density at radius 3 is 2.69 bits per heavy atom. The highest BCUT2D eigenvalue weighted by atomic mass is 79.9. The van der Waals surface area contributed by atoms with Gasteiger partial charge in [-0.15, -0.1) is 11.3 Å². The van der Waals surface area contributed by atoms with Crippen molar-refractivity contribution in [2.75, 3.05) is 13.6 Å². The number of hydrogen-bond donors (Lipinski definition) is 2. The third-order valence-corrected chi connectivity index (χ3v) is 5.54. The molecule has 0 saturated heterocycles. The Hall–Kier alpha value is 0.340. The van der Waals surface area contributed by atoms with E-state index in [-0.39, 0.29) is 15.3 Å². The van der Waals surface area contributed by atoms with E-state index in [0.717, 1.165) is 0 Å². The van der Waals surface area contributed by atoms with Crippen LogP contribution < -0.4 is 10.0 Å². The van der Waals surface area contributed by atoms with E-state index in [0.29, 0.717) is 10.3 Å². The lowest BCUT2D eigenvalue weighted by atomic mass is 10.4. The van der Waals surface area contributed by atoms with Crippen LogP contribution in [0.3, 0.4) is 0 Å². The Kier molecular flexibility index (Phi) is 5.21. The SMILES string of the molecule is CNC(C)CNS(=O)(=O)c1cc(Br)sc1Cl. The lowest BCUT2D eigenvalue weighted by Gasteiger charge is -2.11. The van der Waals surface area contributed by atoms with Gasteiger partial charge in [0.05, 0.1) is 3.79 Å². The summed E-state index contributed by atoms with van der Waals surface area (Å²) in [6.07, 6.45) is 0. The molecule has 1 atom stereocenters. The maximum atomic E-state index is 11.8. The Morgan fingerprint density at radius 1 is 1.62 bits per heavy atom. The van der Waals surface area contributed by atoms with E-state index < -0.39 is 10.0 Å². The van der Waals surface area contributed by atoms with Gasteiger partial charge in [0, 0.05) is 12.6 Å². The minimum absolute atomic E-state index is 0.0654. The molecule has 1 rings (SSSR count). The molecule has 0 fully saturated rings. The first-order chi connectivity index (χ1) is 7.36. The predicted molar refractivity (Wildman–Crippen MR) is 70.7 cm³/mol. The van der Waals surface area contributed by atoms with Gasteiger partial charge in [-0.3, -0.25) is 0 Å². The van der Waals surface area contributed by atoms with Crippen molar-refractivity contribution in [3.63, 3.8) is 0 Å². The lowest BCUT2D eigenvalue weighted by molar-refractivity contribution is 0.554. The van der Waals surface area contributed by atoms with Crippen LogP contribution in [0, 0.1) is 0 Å². The number of nitrogens with one attached hydrogen (secondary N) is 2. The molecular weight excluding hydrogens is 336 g/mol. The van der Waals surface area contributed by atoms with Gasteiger partial charge in [0.1, 0.15) is 9.23 Å². The summed E-state index contributed by atoms with van der Waals surface area (Å²) >= 11 is 10.2. The predicted octanol–water partition coefficient (Wildman–Crippen LogP) is 2.05. The molecule has 92 valence electrons.